The molecule has 0 fully saturated rings. The Morgan fingerprint density at radius 3 is 2.48 bits per heavy atom. The highest BCUT2D eigenvalue weighted by atomic mass is 32.1. The van der Waals surface area contributed by atoms with Crippen molar-refractivity contribution in [3.05, 3.63) is 95.3 Å². The predicted molar refractivity (Wildman–Crippen MR) is 103 cm³/mol. The molecular weight excluding hydrogens is 328 g/mol. The summed E-state index contributed by atoms with van der Waals surface area (Å²) in [6.07, 6.45) is 5.32. The second-order valence-electron chi connectivity index (χ2n) is 5.53. The lowest BCUT2D eigenvalue weighted by Crippen LogP contribution is -2.02. The highest BCUT2D eigenvalue weighted by molar-refractivity contribution is 7.20. The van der Waals surface area contributed by atoms with E-state index in [4.69, 9.17) is 0 Å². The molecule has 0 atom stereocenters. The number of carbonyl (C=O) groups is 1. The van der Waals surface area contributed by atoms with E-state index >= 15 is 0 Å². The Morgan fingerprint density at radius 1 is 0.920 bits per heavy atom. The molecule has 0 N–H and O–H groups in total. The summed E-state index contributed by atoms with van der Waals surface area (Å²) in [6, 6.07) is 21.0. The van der Waals surface area contributed by atoms with E-state index in [9.17, 15) is 4.79 Å². The maximum atomic E-state index is 13.1. The summed E-state index contributed by atoms with van der Waals surface area (Å²) in [5, 5.41) is 0.721. The van der Waals surface area contributed by atoms with Gasteiger partial charge in [-0.1, -0.05) is 48.5 Å². The second-order valence-corrected chi connectivity index (χ2v) is 6.56. The first kappa shape index (κ1) is 15.4. The van der Waals surface area contributed by atoms with Crippen LogP contribution >= 0.6 is 11.3 Å². The van der Waals surface area contributed by atoms with Crippen molar-refractivity contribution >= 4 is 39.0 Å². The standard InChI is InChI=1S/C21H14N2OS/c24-20(16-8-2-1-3-9-16)17(13-15-7-6-12-22-14-15)21-23-18-10-4-5-11-19(18)25-21/h1-14H/b17-13-. The van der Waals surface area contributed by atoms with Gasteiger partial charge in [0, 0.05) is 18.0 Å². The van der Waals surface area contributed by atoms with Crippen LogP contribution in [0.2, 0.25) is 0 Å². The van der Waals surface area contributed by atoms with Crippen LogP contribution in [0.3, 0.4) is 0 Å². The molecule has 0 saturated heterocycles. The van der Waals surface area contributed by atoms with Crippen LogP contribution in [0.5, 0.6) is 0 Å². The number of Topliss-reactive ketones (excluding diaryl/α,β-unsaturated/α-hetero) is 1. The van der Waals surface area contributed by atoms with E-state index in [0.717, 1.165) is 20.8 Å². The maximum absolute atomic E-state index is 13.1. The third-order valence-corrected chi connectivity index (χ3v) is 4.87. The van der Waals surface area contributed by atoms with Gasteiger partial charge in [-0.15, -0.1) is 11.3 Å². The minimum atomic E-state index is -0.0384. The maximum Gasteiger partial charge on any atom is 0.196 e. The number of rotatable bonds is 4. The fourth-order valence-corrected chi connectivity index (χ4v) is 3.56. The van der Waals surface area contributed by atoms with Crippen LogP contribution < -0.4 is 0 Å². The first-order valence-electron chi connectivity index (χ1n) is 7.89. The molecule has 0 aliphatic carbocycles. The molecule has 0 unspecified atom stereocenters. The van der Waals surface area contributed by atoms with Crippen molar-refractivity contribution in [3.8, 4) is 0 Å². The number of pyridine rings is 1. The van der Waals surface area contributed by atoms with E-state index < -0.39 is 0 Å². The highest BCUT2D eigenvalue weighted by Crippen LogP contribution is 2.30. The van der Waals surface area contributed by atoms with Gasteiger partial charge in [0.05, 0.1) is 15.8 Å². The predicted octanol–water partition coefficient (Wildman–Crippen LogP) is 5.11. The van der Waals surface area contributed by atoms with E-state index in [1.54, 1.807) is 12.4 Å². The molecule has 4 heteroatoms. The van der Waals surface area contributed by atoms with E-state index in [1.165, 1.54) is 11.3 Å². The lowest BCUT2D eigenvalue weighted by molar-refractivity contribution is 0.105. The monoisotopic (exact) mass is 342 g/mol. The lowest BCUT2D eigenvalue weighted by atomic mass is 10.0. The molecule has 4 aromatic rings. The largest absolute Gasteiger partial charge is 0.288 e. The van der Waals surface area contributed by atoms with Crippen molar-refractivity contribution in [3.63, 3.8) is 0 Å². The van der Waals surface area contributed by atoms with Gasteiger partial charge in [0.25, 0.3) is 0 Å². The van der Waals surface area contributed by atoms with Gasteiger partial charge in [0.1, 0.15) is 5.01 Å². The first-order valence-corrected chi connectivity index (χ1v) is 8.70. The molecule has 4 rings (SSSR count). The molecule has 0 bridgehead atoms. The Balaban J connectivity index is 1.86. The molecule has 0 aliphatic rings. The molecule has 0 spiro atoms. The molecule has 2 heterocycles. The zero-order valence-electron chi connectivity index (χ0n) is 13.3. The third-order valence-electron chi connectivity index (χ3n) is 3.80. The van der Waals surface area contributed by atoms with Crippen LogP contribution in [0.1, 0.15) is 20.9 Å². The zero-order valence-corrected chi connectivity index (χ0v) is 14.1. The summed E-state index contributed by atoms with van der Waals surface area (Å²) in [5.74, 6) is -0.0384. The van der Waals surface area contributed by atoms with Gasteiger partial charge in [-0.2, -0.15) is 0 Å². The van der Waals surface area contributed by atoms with Gasteiger partial charge in [-0.3, -0.25) is 9.78 Å². The number of benzene rings is 2. The number of carbonyl (C=O) groups excluding carboxylic acids is 1. The average molecular weight is 342 g/mol. The summed E-state index contributed by atoms with van der Waals surface area (Å²) < 4.78 is 1.07. The van der Waals surface area contributed by atoms with Crippen LogP contribution in [-0.4, -0.2) is 15.8 Å². The normalized spacial score (nSPS) is 11.6. The van der Waals surface area contributed by atoms with Gasteiger partial charge in [0.15, 0.2) is 5.78 Å². The van der Waals surface area contributed by atoms with E-state index in [-0.39, 0.29) is 5.78 Å². The summed E-state index contributed by atoms with van der Waals surface area (Å²) in [4.78, 5) is 21.9. The number of hydrogen-bond donors (Lipinski definition) is 0. The molecule has 0 aliphatic heterocycles. The Bertz CT molecular complexity index is 1020. The summed E-state index contributed by atoms with van der Waals surface area (Å²) in [7, 11) is 0. The van der Waals surface area contributed by atoms with Crippen LogP contribution in [-0.2, 0) is 0 Å². The Morgan fingerprint density at radius 2 is 1.72 bits per heavy atom. The highest BCUT2D eigenvalue weighted by Gasteiger charge is 2.18. The Kier molecular flexibility index (Phi) is 4.19. The van der Waals surface area contributed by atoms with E-state index in [1.807, 2.05) is 72.8 Å². The average Bonchev–Trinajstić information content (AvgIpc) is 3.11. The molecule has 0 radical (unpaired) electrons. The third kappa shape index (κ3) is 3.25. The Hall–Kier alpha value is -3.11. The smallest absolute Gasteiger partial charge is 0.196 e. The van der Waals surface area contributed by atoms with Gasteiger partial charge >= 0.3 is 0 Å². The van der Waals surface area contributed by atoms with Crippen molar-refractivity contribution in [1.82, 2.24) is 9.97 Å². The molecule has 25 heavy (non-hydrogen) atoms. The minimum Gasteiger partial charge on any atom is -0.288 e. The molecular formula is C21H14N2OS. The molecule has 2 aromatic heterocycles. The second kappa shape index (κ2) is 6.79. The number of thiazole rings is 1. The zero-order chi connectivity index (χ0) is 17.1. The van der Waals surface area contributed by atoms with Gasteiger partial charge in [-0.05, 0) is 29.8 Å². The SMILES string of the molecule is O=C(/C(=C/c1cccnc1)c1nc2ccccc2s1)c1ccccc1. The number of para-hydroxylation sites is 1. The first-order chi connectivity index (χ1) is 12.3. The number of aromatic nitrogens is 2. The topological polar surface area (TPSA) is 42.9 Å². The lowest BCUT2D eigenvalue weighted by Gasteiger charge is -2.04. The molecule has 2 aromatic carbocycles. The van der Waals surface area contributed by atoms with Crippen LogP contribution in [0, 0.1) is 0 Å². The number of fused-ring (bicyclic) bond motifs is 1. The van der Waals surface area contributed by atoms with Gasteiger partial charge in [-0.25, -0.2) is 4.98 Å². The van der Waals surface area contributed by atoms with E-state index in [2.05, 4.69) is 9.97 Å². The molecule has 0 saturated carbocycles. The number of hydrogen-bond acceptors (Lipinski definition) is 4. The van der Waals surface area contributed by atoms with Crippen molar-refractivity contribution in [1.29, 1.82) is 0 Å². The van der Waals surface area contributed by atoms with Crippen molar-refractivity contribution in [2.75, 3.05) is 0 Å². The van der Waals surface area contributed by atoms with Crippen LogP contribution in [0.25, 0.3) is 21.9 Å². The van der Waals surface area contributed by atoms with Crippen LogP contribution in [0.4, 0.5) is 0 Å². The van der Waals surface area contributed by atoms with E-state index in [0.29, 0.717) is 11.1 Å². The fraction of sp³-hybridized carbons (Fsp3) is 0. The van der Waals surface area contributed by atoms with Gasteiger partial charge in [0.2, 0.25) is 0 Å². The van der Waals surface area contributed by atoms with Crippen molar-refractivity contribution < 1.29 is 4.79 Å². The number of nitrogens with zero attached hydrogens (tertiary/aromatic N) is 2. The Labute approximate surface area is 149 Å². The minimum absolute atomic E-state index is 0.0384. The molecule has 3 nitrogen and oxygen atoms in total. The van der Waals surface area contributed by atoms with Gasteiger partial charge < -0.3 is 0 Å². The fourth-order valence-electron chi connectivity index (χ4n) is 2.58. The summed E-state index contributed by atoms with van der Waals surface area (Å²) in [5.41, 5.74) is 3.01. The van der Waals surface area contributed by atoms with Crippen molar-refractivity contribution in [2.24, 2.45) is 0 Å². The quantitative estimate of drug-likeness (QED) is 0.382. The molecule has 0 amide bonds. The van der Waals surface area contributed by atoms with Crippen LogP contribution in [0.15, 0.2) is 79.1 Å². The van der Waals surface area contributed by atoms with Crippen molar-refractivity contribution in [2.45, 2.75) is 0 Å². The summed E-state index contributed by atoms with van der Waals surface area (Å²) in [6.45, 7) is 0. The summed E-state index contributed by atoms with van der Waals surface area (Å²) >= 11 is 1.53. The molecule has 120 valence electrons. The number of allylic oxidation sites excluding steroid dienone is 1. The number of ketones is 1.